The van der Waals surface area contributed by atoms with Gasteiger partial charge in [0.05, 0.1) is 16.7 Å². The van der Waals surface area contributed by atoms with E-state index in [4.69, 9.17) is 0 Å². The number of allylic oxidation sites excluding steroid dienone is 12. The molecule has 0 atom stereocenters. The van der Waals surface area contributed by atoms with E-state index in [1.165, 1.54) is 0 Å². The van der Waals surface area contributed by atoms with E-state index in [1.54, 1.807) is 0 Å². The third-order valence-electron chi connectivity index (χ3n) is 11.6. The quantitative estimate of drug-likeness (QED) is 0.171. The maximum atomic E-state index is 10.3. The Kier molecular flexibility index (Phi) is 14.9. The van der Waals surface area contributed by atoms with Crippen molar-refractivity contribution < 1.29 is 0 Å². The number of rotatable bonds is 12. The Balaban J connectivity index is 2.04. The van der Waals surface area contributed by atoms with Crippen molar-refractivity contribution in [2.75, 3.05) is 40.8 Å². The van der Waals surface area contributed by atoms with Crippen LogP contribution in [0.5, 0.6) is 0 Å². The largest absolute Gasteiger partial charge is 0.377 e. The SMILES string of the molecule is CN(CCC(CCN(C)C1=C(C#N)C(=C(C#N)C#N)CC(C)(C)C1)CCN(C)C1=C(C#N)C(=C(C#N)C#N)CC(C)(C)C1)C1=C(C#N)C(=C(C#N)C#N)CC(C)(C)C1. The van der Waals surface area contributed by atoms with Crippen molar-refractivity contribution >= 4 is 0 Å². The van der Waals surface area contributed by atoms with Crippen molar-refractivity contribution in [1.82, 2.24) is 14.7 Å². The van der Waals surface area contributed by atoms with Crippen molar-refractivity contribution in [3.8, 4) is 54.6 Å². The van der Waals surface area contributed by atoms with Gasteiger partial charge < -0.3 is 14.7 Å². The van der Waals surface area contributed by atoms with Gasteiger partial charge in [0, 0.05) is 74.6 Å². The summed E-state index contributed by atoms with van der Waals surface area (Å²) < 4.78 is 0. The van der Waals surface area contributed by atoms with Gasteiger partial charge in [0.15, 0.2) is 0 Å². The second-order valence-corrected chi connectivity index (χ2v) is 18.1. The molecule has 0 bridgehead atoms. The summed E-state index contributed by atoms with van der Waals surface area (Å²) in [6, 6.07) is 18.8. The first-order valence-corrected chi connectivity index (χ1v) is 19.4. The van der Waals surface area contributed by atoms with Crippen LogP contribution in [-0.2, 0) is 0 Å². The summed E-state index contributed by atoms with van der Waals surface area (Å²) >= 11 is 0. The minimum absolute atomic E-state index is 0.0441. The van der Waals surface area contributed by atoms with Crippen molar-refractivity contribution in [3.05, 3.63) is 67.2 Å². The summed E-state index contributed by atoms with van der Waals surface area (Å²) in [6.07, 6.45) is 5.28. The molecule has 0 aromatic rings. The fourth-order valence-corrected chi connectivity index (χ4v) is 8.50. The van der Waals surface area contributed by atoms with Crippen molar-refractivity contribution in [3.63, 3.8) is 0 Å². The number of nitriles is 9. The van der Waals surface area contributed by atoms with Gasteiger partial charge in [0.1, 0.15) is 71.3 Å². The Bertz CT molecular complexity index is 1970. The predicted octanol–water partition coefficient (Wildman–Crippen LogP) is 8.39. The molecule has 12 nitrogen and oxygen atoms in total. The zero-order valence-electron chi connectivity index (χ0n) is 35.4. The van der Waals surface area contributed by atoms with Gasteiger partial charge in [0.2, 0.25) is 0 Å². The molecule has 0 amide bonds. The van der Waals surface area contributed by atoms with Gasteiger partial charge in [-0.05, 0) is 80.0 Å². The molecule has 0 radical (unpaired) electrons. The Hall–Kier alpha value is -6.75. The van der Waals surface area contributed by atoms with Crippen LogP contribution in [0.25, 0.3) is 0 Å². The maximum Gasteiger partial charge on any atom is 0.134 e. The van der Waals surface area contributed by atoms with E-state index in [1.807, 2.05) is 57.6 Å². The van der Waals surface area contributed by atoms with Crippen LogP contribution in [0.2, 0.25) is 0 Å². The third kappa shape index (κ3) is 10.5. The lowest BCUT2D eigenvalue weighted by atomic mass is 9.72. The molecular weight excluding hydrogens is 721 g/mol. The van der Waals surface area contributed by atoms with Crippen LogP contribution in [0, 0.1) is 124 Å². The molecule has 0 spiro atoms. The highest BCUT2D eigenvalue weighted by Gasteiger charge is 2.37. The maximum absolute atomic E-state index is 10.3. The Morgan fingerprint density at radius 3 is 0.845 bits per heavy atom. The predicted molar refractivity (Wildman–Crippen MR) is 217 cm³/mol. The van der Waals surface area contributed by atoms with E-state index in [2.05, 4.69) is 74.4 Å². The first-order chi connectivity index (χ1) is 27.3. The van der Waals surface area contributed by atoms with Crippen LogP contribution >= 0.6 is 0 Å². The lowest BCUT2D eigenvalue weighted by Gasteiger charge is -2.39. The van der Waals surface area contributed by atoms with E-state index < -0.39 is 0 Å². The molecule has 58 heavy (non-hydrogen) atoms. The van der Waals surface area contributed by atoms with E-state index in [-0.39, 0.29) is 38.9 Å². The molecule has 0 aliphatic heterocycles. The molecule has 0 aromatic heterocycles. The van der Waals surface area contributed by atoms with Crippen LogP contribution in [-0.4, -0.2) is 55.5 Å². The average Bonchev–Trinajstić information content (AvgIpc) is 3.17. The third-order valence-corrected chi connectivity index (χ3v) is 11.6. The minimum Gasteiger partial charge on any atom is -0.377 e. The highest BCUT2D eigenvalue weighted by Crippen LogP contribution is 2.46. The molecule has 0 aromatic carbocycles. The van der Waals surface area contributed by atoms with E-state index in [0.717, 1.165) is 17.1 Å². The summed E-state index contributed by atoms with van der Waals surface area (Å²) in [6.45, 7) is 14.1. The van der Waals surface area contributed by atoms with Crippen LogP contribution in [0.15, 0.2) is 67.2 Å². The van der Waals surface area contributed by atoms with E-state index in [0.29, 0.717) is 111 Å². The molecular formula is C46H52N12. The van der Waals surface area contributed by atoms with Gasteiger partial charge in [-0.25, -0.2) is 0 Å². The summed E-state index contributed by atoms with van der Waals surface area (Å²) in [5.41, 5.74) is 3.97. The molecule has 0 unspecified atom stereocenters. The summed E-state index contributed by atoms with van der Waals surface area (Å²) in [5.74, 6) is 0.108. The second kappa shape index (κ2) is 18.9. The molecule has 0 N–H and O–H groups in total. The van der Waals surface area contributed by atoms with Crippen LogP contribution < -0.4 is 0 Å². The fourth-order valence-electron chi connectivity index (χ4n) is 8.50. The van der Waals surface area contributed by atoms with Gasteiger partial charge in [-0.2, -0.15) is 47.4 Å². The van der Waals surface area contributed by atoms with Crippen LogP contribution in [0.3, 0.4) is 0 Å². The zero-order valence-corrected chi connectivity index (χ0v) is 35.4. The minimum atomic E-state index is -0.280. The van der Waals surface area contributed by atoms with Gasteiger partial charge in [-0.3, -0.25) is 0 Å². The average molecular weight is 773 g/mol. The van der Waals surface area contributed by atoms with Crippen molar-refractivity contribution in [2.24, 2.45) is 22.2 Å². The standard InChI is InChI=1S/C46H52N12/c1-44(2)16-35(32(22-47)23-48)38(28-53)41(19-44)56(7)13-10-31(11-14-57(8)42-20-45(3,4)17-36(39(42)29-54)33(24-49)25-50)12-15-58(9)43-21-46(5,6)18-37(40(43)30-55)34(26-51)27-52/h31H,10-21H2,1-9H3. The molecule has 0 fully saturated rings. The van der Waals surface area contributed by atoms with Crippen LogP contribution in [0.1, 0.15) is 99.3 Å². The Labute approximate surface area is 345 Å². The summed E-state index contributed by atoms with van der Waals surface area (Å²) in [5, 5.41) is 89.3. The topological polar surface area (TPSA) is 224 Å². The zero-order chi connectivity index (χ0) is 43.6. The number of hydrogen-bond acceptors (Lipinski definition) is 12. The highest BCUT2D eigenvalue weighted by molar-refractivity contribution is 5.59. The molecule has 0 saturated carbocycles. The smallest absolute Gasteiger partial charge is 0.134 e. The molecule has 3 rings (SSSR count). The molecule has 12 heteroatoms. The molecule has 0 saturated heterocycles. The highest BCUT2D eigenvalue weighted by atomic mass is 15.1. The second-order valence-electron chi connectivity index (χ2n) is 18.1. The molecule has 296 valence electrons. The van der Waals surface area contributed by atoms with Crippen molar-refractivity contribution in [2.45, 2.75) is 99.3 Å². The van der Waals surface area contributed by atoms with Gasteiger partial charge >= 0.3 is 0 Å². The fraction of sp³-hybridized carbons (Fsp3) is 0.543. The van der Waals surface area contributed by atoms with Gasteiger partial charge in [-0.15, -0.1) is 0 Å². The first kappa shape index (κ1) is 45.6. The first-order valence-electron chi connectivity index (χ1n) is 19.4. The molecule has 3 aliphatic rings. The Morgan fingerprint density at radius 2 is 0.655 bits per heavy atom. The normalized spacial score (nSPS) is 17.8. The van der Waals surface area contributed by atoms with E-state index >= 15 is 0 Å². The number of hydrogen-bond donors (Lipinski definition) is 0. The van der Waals surface area contributed by atoms with Crippen molar-refractivity contribution in [1.29, 1.82) is 47.4 Å². The summed E-state index contributed by atoms with van der Waals surface area (Å²) in [4.78, 5) is 6.20. The molecule has 3 aliphatic carbocycles. The lowest BCUT2D eigenvalue weighted by molar-refractivity contribution is 0.234. The monoisotopic (exact) mass is 772 g/mol. The van der Waals surface area contributed by atoms with Gasteiger partial charge in [-0.1, -0.05) is 41.5 Å². The molecule has 0 heterocycles. The summed E-state index contributed by atoms with van der Waals surface area (Å²) in [7, 11) is 5.81. The Morgan fingerprint density at radius 1 is 0.431 bits per heavy atom. The van der Waals surface area contributed by atoms with E-state index in [9.17, 15) is 47.4 Å². The van der Waals surface area contributed by atoms with Crippen LogP contribution in [0.4, 0.5) is 0 Å². The lowest BCUT2D eigenvalue weighted by Crippen LogP contribution is -2.33. The number of nitrogens with zero attached hydrogens (tertiary/aromatic N) is 12. The van der Waals surface area contributed by atoms with Gasteiger partial charge in [0.25, 0.3) is 0 Å².